The van der Waals surface area contributed by atoms with Crippen LogP contribution < -0.4 is 10.6 Å². The van der Waals surface area contributed by atoms with Crippen molar-refractivity contribution in [3.63, 3.8) is 0 Å². The molecule has 0 unspecified atom stereocenters. The van der Waals surface area contributed by atoms with Gasteiger partial charge in [-0.05, 0) is 50.7 Å². The van der Waals surface area contributed by atoms with Gasteiger partial charge in [0.05, 0.1) is 17.9 Å². The number of aromatic nitrogens is 2. The second-order valence-corrected chi connectivity index (χ2v) is 7.75. The first-order valence-corrected chi connectivity index (χ1v) is 9.45. The Kier molecular flexibility index (Phi) is 4.73. The summed E-state index contributed by atoms with van der Waals surface area (Å²) in [5.41, 5.74) is 2.47. The molecule has 8 nitrogen and oxygen atoms in total. The van der Waals surface area contributed by atoms with Crippen molar-refractivity contribution in [3.8, 4) is 0 Å². The van der Waals surface area contributed by atoms with Gasteiger partial charge in [0, 0.05) is 31.0 Å². The monoisotopic (exact) mass is 371 g/mol. The van der Waals surface area contributed by atoms with Crippen LogP contribution in [0.25, 0.3) is 5.65 Å². The van der Waals surface area contributed by atoms with Crippen LogP contribution >= 0.6 is 0 Å². The molecule has 0 bridgehead atoms. The molecular formula is C19H25N5O3. The smallest absolute Gasteiger partial charge is 0.319 e. The highest BCUT2D eigenvalue weighted by atomic mass is 16.4. The number of imidazole rings is 1. The minimum Gasteiger partial charge on any atom is -0.480 e. The standard InChI is InChI=1S/C19H25N5O3/c1-12-8-24-10-14(4-5-17(24)20-12)21-19(27)22-15-6-16(7-15)23(11-18(25)26)9-13-2-3-13/h4-5,8,10,13,15-16H,2-3,6-7,9,11H2,1H3,(H,25,26)(H2,21,22,27). The highest BCUT2D eigenvalue weighted by Crippen LogP contribution is 2.33. The van der Waals surface area contributed by atoms with E-state index in [-0.39, 0.29) is 24.7 Å². The molecule has 0 atom stereocenters. The molecule has 2 saturated carbocycles. The van der Waals surface area contributed by atoms with Gasteiger partial charge in [-0.25, -0.2) is 9.78 Å². The van der Waals surface area contributed by atoms with E-state index in [0.29, 0.717) is 11.6 Å². The summed E-state index contributed by atoms with van der Waals surface area (Å²) < 4.78 is 1.88. The van der Waals surface area contributed by atoms with Gasteiger partial charge in [0.25, 0.3) is 0 Å². The number of urea groups is 1. The van der Waals surface area contributed by atoms with Gasteiger partial charge in [0.1, 0.15) is 5.65 Å². The molecule has 2 aromatic rings. The molecule has 0 aromatic carbocycles. The van der Waals surface area contributed by atoms with Crippen molar-refractivity contribution in [1.29, 1.82) is 0 Å². The number of anilines is 1. The number of carbonyl (C=O) groups is 2. The maximum atomic E-state index is 12.2. The fourth-order valence-electron chi connectivity index (χ4n) is 3.70. The molecular weight excluding hydrogens is 346 g/mol. The van der Waals surface area contributed by atoms with Crippen LogP contribution in [0, 0.1) is 12.8 Å². The van der Waals surface area contributed by atoms with Gasteiger partial charge < -0.3 is 20.1 Å². The SMILES string of the molecule is Cc1cn2cc(NC(=O)NC3CC(N(CC(=O)O)CC4CC4)C3)ccc2n1. The molecule has 2 heterocycles. The van der Waals surface area contributed by atoms with E-state index in [1.54, 1.807) is 0 Å². The van der Waals surface area contributed by atoms with Gasteiger partial charge >= 0.3 is 12.0 Å². The van der Waals surface area contributed by atoms with Crippen molar-refractivity contribution in [3.05, 3.63) is 30.2 Å². The van der Waals surface area contributed by atoms with E-state index in [9.17, 15) is 9.59 Å². The lowest BCUT2D eigenvalue weighted by Gasteiger charge is -2.42. The molecule has 144 valence electrons. The minimum atomic E-state index is -0.782. The number of carboxylic acid groups (broad SMARTS) is 1. The molecule has 4 rings (SSSR count). The zero-order chi connectivity index (χ0) is 19.0. The number of pyridine rings is 1. The van der Waals surface area contributed by atoms with E-state index < -0.39 is 5.97 Å². The predicted molar refractivity (Wildman–Crippen MR) is 101 cm³/mol. The summed E-state index contributed by atoms with van der Waals surface area (Å²) in [7, 11) is 0. The second kappa shape index (κ2) is 7.19. The highest BCUT2D eigenvalue weighted by molar-refractivity contribution is 5.89. The Morgan fingerprint density at radius 1 is 1.30 bits per heavy atom. The molecule has 3 N–H and O–H groups in total. The number of aryl methyl sites for hydroxylation is 1. The fraction of sp³-hybridized carbons (Fsp3) is 0.526. The van der Waals surface area contributed by atoms with E-state index in [1.165, 1.54) is 12.8 Å². The molecule has 0 saturated heterocycles. The van der Waals surface area contributed by atoms with E-state index >= 15 is 0 Å². The number of carboxylic acids is 1. The lowest BCUT2D eigenvalue weighted by molar-refractivity contribution is -0.139. The summed E-state index contributed by atoms with van der Waals surface area (Å²) >= 11 is 0. The van der Waals surface area contributed by atoms with Crippen LogP contribution in [0.2, 0.25) is 0 Å². The normalized spacial score (nSPS) is 21.9. The first-order valence-electron chi connectivity index (χ1n) is 9.45. The Morgan fingerprint density at radius 2 is 2.07 bits per heavy atom. The van der Waals surface area contributed by atoms with Gasteiger partial charge in [-0.15, -0.1) is 0 Å². The third kappa shape index (κ3) is 4.39. The summed E-state index contributed by atoms with van der Waals surface area (Å²) in [5, 5.41) is 14.9. The number of aliphatic carboxylic acids is 1. The molecule has 27 heavy (non-hydrogen) atoms. The first-order chi connectivity index (χ1) is 13.0. The first kappa shape index (κ1) is 17.8. The predicted octanol–water partition coefficient (Wildman–Crippen LogP) is 2.09. The Hall–Kier alpha value is -2.61. The topological polar surface area (TPSA) is 99.0 Å². The van der Waals surface area contributed by atoms with E-state index in [0.717, 1.165) is 30.7 Å². The average Bonchev–Trinajstić information content (AvgIpc) is 3.28. The van der Waals surface area contributed by atoms with Crippen molar-refractivity contribution in [2.45, 2.75) is 44.7 Å². The van der Waals surface area contributed by atoms with Crippen LogP contribution in [0.15, 0.2) is 24.5 Å². The van der Waals surface area contributed by atoms with Crippen LogP contribution in [0.3, 0.4) is 0 Å². The Morgan fingerprint density at radius 3 is 2.78 bits per heavy atom. The van der Waals surface area contributed by atoms with Crippen LogP contribution in [-0.4, -0.2) is 56.6 Å². The molecule has 2 aliphatic rings. The highest BCUT2D eigenvalue weighted by Gasteiger charge is 2.37. The lowest BCUT2D eigenvalue weighted by Crippen LogP contribution is -2.55. The third-order valence-corrected chi connectivity index (χ3v) is 5.32. The largest absolute Gasteiger partial charge is 0.480 e. The Bertz CT molecular complexity index is 854. The van der Waals surface area contributed by atoms with Crippen molar-refractivity contribution < 1.29 is 14.7 Å². The fourth-order valence-corrected chi connectivity index (χ4v) is 3.70. The number of nitrogens with zero attached hydrogens (tertiary/aromatic N) is 3. The molecule has 8 heteroatoms. The van der Waals surface area contributed by atoms with E-state index in [1.807, 2.05) is 35.9 Å². The second-order valence-electron chi connectivity index (χ2n) is 7.75. The molecule has 2 amide bonds. The third-order valence-electron chi connectivity index (χ3n) is 5.32. The van der Waals surface area contributed by atoms with Crippen molar-refractivity contribution in [1.82, 2.24) is 19.6 Å². The van der Waals surface area contributed by atoms with Crippen LogP contribution in [0.4, 0.5) is 10.5 Å². The molecule has 0 spiro atoms. The van der Waals surface area contributed by atoms with Gasteiger partial charge in [-0.1, -0.05) is 0 Å². The number of hydrogen-bond donors (Lipinski definition) is 3. The van der Waals surface area contributed by atoms with Crippen molar-refractivity contribution in [2.24, 2.45) is 5.92 Å². The molecule has 2 aliphatic carbocycles. The summed E-state index contributed by atoms with van der Waals surface area (Å²) in [4.78, 5) is 29.8. The minimum absolute atomic E-state index is 0.0877. The zero-order valence-electron chi connectivity index (χ0n) is 15.4. The maximum Gasteiger partial charge on any atom is 0.319 e. The quantitative estimate of drug-likeness (QED) is 0.692. The van der Waals surface area contributed by atoms with E-state index in [4.69, 9.17) is 5.11 Å². The number of rotatable bonds is 7. The van der Waals surface area contributed by atoms with E-state index in [2.05, 4.69) is 20.5 Å². The van der Waals surface area contributed by atoms with Gasteiger partial charge in [0.2, 0.25) is 0 Å². The Balaban J connectivity index is 1.26. The van der Waals surface area contributed by atoms with Crippen molar-refractivity contribution >= 4 is 23.3 Å². The maximum absolute atomic E-state index is 12.2. The summed E-state index contributed by atoms with van der Waals surface area (Å²) in [6, 6.07) is 3.79. The van der Waals surface area contributed by atoms with Gasteiger partial charge in [-0.2, -0.15) is 0 Å². The number of hydrogen-bond acceptors (Lipinski definition) is 4. The van der Waals surface area contributed by atoms with Crippen LogP contribution in [-0.2, 0) is 4.79 Å². The average molecular weight is 371 g/mol. The van der Waals surface area contributed by atoms with Crippen LogP contribution in [0.1, 0.15) is 31.4 Å². The van der Waals surface area contributed by atoms with Gasteiger partial charge in [0.15, 0.2) is 0 Å². The molecule has 2 aromatic heterocycles. The molecule has 0 aliphatic heterocycles. The zero-order valence-corrected chi connectivity index (χ0v) is 15.4. The number of fused-ring (bicyclic) bond motifs is 1. The summed E-state index contributed by atoms with van der Waals surface area (Å²) in [5.74, 6) is -0.128. The van der Waals surface area contributed by atoms with Gasteiger partial charge in [-0.3, -0.25) is 9.69 Å². The summed E-state index contributed by atoms with van der Waals surface area (Å²) in [6.07, 6.45) is 7.75. The number of nitrogens with one attached hydrogen (secondary N) is 2. The molecule has 0 radical (unpaired) electrons. The number of carbonyl (C=O) groups excluding carboxylic acids is 1. The number of amides is 2. The lowest BCUT2D eigenvalue weighted by atomic mass is 9.85. The van der Waals surface area contributed by atoms with Crippen molar-refractivity contribution in [2.75, 3.05) is 18.4 Å². The Labute approximate surface area is 157 Å². The summed E-state index contributed by atoms with van der Waals surface area (Å²) in [6.45, 7) is 2.88. The molecule has 2 fully saturated rings. The van der Waals surface area contributed by atoms with Crippen LogP contribution in [0.5, 0.6) is 0 Å².